The zero-order valence-electron chi connectivity index (χ0n) is 10.6. The molecule has 1 aromatic carbocycles. The van der Waals surface area contributed by atoms with Crippen LogP contribution in [0.5, 0.6) is 0 Å². The Morgan fingerprint density at radius 3 is 2.53 bits per heavy atom. The molecule has 1 rings (SSSR count). The summed E-state index contributed by atoms with van der Waals surface area (Å²) in [5.74, 6) is -0.577. The molecule has 0 unspecified atom stereocenters. The molecule has 2 nitrogen and oxygen atoms in total. The zero-order chi connectivity index (χ0) is 13.2. The Kier molecular flexibility index (Phi) is 4.31. The summed E-state index contributed by atoms with van der Waals surface area (Å²) in [7, 11) is 1.73. The monoisotopic (exact) mass is 301 g/mol. The normalized spacial score (nSPS) is 11.4. The van der Waals surface area contributed by atoms with Crippen LogP contribution in [0, 0.1) is 11.2 Å². The minimum absolute atomic E-state index is 0.0181. The Morgan fingerprint density at radius 1 is 1.41 bits per heavy atom. The highest BCUT2D eigenvalue weighted by Crippen LogP contribution is 2.21. The largest absolute Gasteiger partial charge is 0.341 e. The van der Waals surface area contributed by atoms with Crippen LogP contribution in [0.25, 0.3) is 0 Å². The molecule has 0 aliphatic rings. The SMILES string of the molecule is CN(CC(C)(C)C)C(=O)c1cc(F)ccc1Br. The predicted molar refractivity (Wildman–Crippen MR) is 70.5 cm³/mol. The fourth-order valence-corrected chi connectivity index (χ4v) is 2.07. The number of hydrogen-bond acceptors (Lipinski definition) is 1. The maximum atomic E-state index is 13.1. The van der Waals surface area contributed by atoms with Crippen molar-refractivity contribution < 1.29 is 9.18 Å². The van der Waals surface area contributed by atoms with E-state index in [0.717, 1.165) is 0 Å². The Labute approximate surface area is 110 Å². The van der Waals surface area contributed by atoms with E-state index in [1.54, 1.807) is 18.0 Å². The fourth-order valence-electron chi connectivity index (χ4n) is 1.65. The van der Waals surface area contributed by atoms with E-state index in [9.17, 15) is 9.18 Å². The Bertz CT molecular complexity index is 426. The summed E-state index contributed by atoms with van der Waals surface area (Å²) in [6.07, 6.45) is 0. The highest BCUT2D eigenvalue weighted by Gasteiger charge is 2.20. The average Bonchev–Trinajstić information content (AvgIpc) is 2.18. The Hall–Kier alpha value is -0.900. The van der Waals surface area contributed by atoms with E-state index in [-0.39, 0.29) is 11.3 Å². The number of carbonyl (C=O) groups excluding carboxylic acids is 1. The van der Waals surface area contributed by atoms with Gasteiger partial charge in [0, 0.05) is 18.1 Å². The van der Waals surface area contributed by atoms with E-state index in [4.69, 9.17) is 0 Å². The van der Waals surface area contributed by atoms with E-state index in [1.165, 1.54) is 12.1 Å². The Balaban J connectivity index is 2.93. The van der Waals surface area contributed by atoms with Crippen LogP contribution in [0.15, 0.2) is 22.7 Å². The standard InChI is InChI=1S/C13H17BrFNO/c1-13(2,3)8-16(4)12(17)10-7-9(15)5-6-11(10)14/h5-7H,8H2,1-4H3. The van der Waals surface area contributed by atoms with Crippen LogP contribution in [0.1, 0.15) is 31.1 Å². The van der Waals surface area contributed by atoms with Crippen LogP contribution in [0.3, 0.4) is 0 Å². The molecule has 0 saturated heterocycles. The van der Waals surface area contributed by atoms with Crippen LogP contribution in [0.2, 0.25) is 0 Å². The van der Waals surface area contributed by atoms with Gasteiger partial charge in [-0.05, 0) is 39.5 Å². The van der Waals surface area contributed by atoms with Crippen molar-refractivity contribution >= 4 is 21.8 Å². The van der Waals surface area contributed by atoms with Gasteiger partial charge in [-0.1, -0.05) is 20.8 Å². The third kappa shape index (κ3) is 4.11. The summed E-state index contributed by atoms with van der Waals surface area (Å²) < 4.78 is 13.7. The summed E-state index contributed by atoms with van der Waals surface area (Å²) in [6.45, 7) is 6.78. The molecule has 94 valence electrons. The molecule has 0 fully saturated rings. The number of rotatable bonds is 2. The quantitative estimate of drug-likeness (QED) is 0.815. The summed E-state index contributed by atoms with van der Waals surface area (Å²) in [4.78, 5) is 13.7. The number of halogens is 2. The fraction of sp³-hybridized carbons (Fsp3) is 0.462. The molecule has 1 amide bonds. The van der Waals surface area contributed by atoms with Crippen molar-refractivity contribution in [2.75, 3.05) is 13.6 Å². The molecule has 0 atom stereocenters. The first-order chi connectivity index (χ1) is 7.70. The van der Waals surface area contributed by atoms with Gasteiger partial charge in [0.05, 0.1) is 5.56 Å². The molecule has 0 spiro atoms. The Morgan fingerprint density at radius 2 is 2.00 bits per heavy atom. The van der Waals surface area contributed by atoms with Crippen LogP contribution in [-0.2, 0) is 0 Å². The van der Waals surface area contributed by atoms with Crippen molar-refractivity contribution in [1.29, 1.82) is 0 Å². The molecule has 1 aromatic rings. The van der Waals surface area contributed by atoms with Gasteiger partial charge in [0.1, 0.15) is 5.82 Å². The number of carbonyl (C=O) groups is 1. The first kappa shape index (κ1) is 14.2. The van der Waals surface area contributed by atoms with Crippen molar-refractivity contribution in [3.05, 3.63) is 34.1 Å². The molecular weight excluding hydrogens is 285 g/mol. The maximum absolute atomic E-state index is 13.1. The summed E-state index contributed by atoms with van der Waals surface area (Å²) in [5, 5.41) is 0. The minimum atomic E-state index is -0.402. The summed E-state index contributed by atoms with van der Waals surface area (Å²) in [6, 6.07) is 4.13. The second-order valence-electron chi connectivity index (χ2n) is 5.35. The molecule has 0 saturated carbocycles. The molecule has 0 bridgehead atoms. The van der Waals surface area contributed by atoms with Gasteiger partial charge in [-0.3, -0.25) is 4.79 Å². The van der Waals surface area contributed by atoms with E-state index in [1.807, 2.05) is 0 Å². The van der Waals surface area contributed by atoms with Gasteiger partial charge < -0.3 is 4.90 Å². The van der Waals surface area contributed by atoms with E-state index in [0.29, 0.717) is 16.6 Å². The van der Waals surface area contributed by atoms with Crippen LogP contribution >= 0.6 is 15.9 Å². The third-order valence-corrected chi connectivity index (χ3v) is 2.91. The average molecular weight is 302 g/mol. The van der Waals surface area contributed by atoms with Gasteiger partial charge in [-0.25, -0.2) is 4.39 Å². The molecule has 0 aliphatic heterocycles. The van der Waals surface area contributed by atoms with Gasteiger partial charge in [0.25, 0.3) is 5.91 Å². The van der Waals surface area contributed by atoms with Crippen molar-refractivity contribution in [2.45, 2.75) is 20.8 Å². The highest BCUT2D eigenvalue weighted by molar-refractivity contribution is 9.10. The van der Waals surface area contributed by atoms with Gasteiger partial charge in [-0.2, -0.15) is 0 Å². The lowest BCUT2D eigenvalue weighted by atomic mass is 9.96. The van der Waals surface area contributed by atoms with Crippen molar-refractivity contribution in [3.63, 3.8) is 0 Å². The number of amides is 1. The van der Waals surface area contributed by atoms with E-state index in [2.05, 4.69) is 36.7 Å². The molecular formula is C13H17BrFNO. The van der Waals surface area contributed by atoms with Crippen molar-refractivity contribution in [2.24, 2.45) is 5.41 Å². The zero-order valence-corrected chi connectivity index (χ0v) is 12.1. The van der Waals surface area contributed by atoms with Gasteiger partial charge in [0.15, 0.2) is 0 Å². The van der Waals surface area contributed by atoms with Crippen molar-refractivity contribution in [1.82, 2.24) is 4.90 Å². The van der Waals surface area contributed by atoms with E-state index >= 15 is 0 Å². The third-order valence-electron chi connectivity index (χ3n) is 2.22. The minimum Gasteiger partial charge on any atom is -0.341 e. The first-order valence-electron chi connectivity index (χ1n) is 5.41. The highest BCUT2D eigenvalue weighted by atomic mass is 79.9. The van der Waals surface area contributed by atoms with Gasteiger partial charge >= 0.3 is 0 Å². The molecule has 0 aliphatic carbocycles. The molecule has 4 heteroatoms. The van der Waals surface area contributed by atoms with Crippen LogP contribution in [-0.4, -0.2) is 24.4 Å². The van der Waals surface area contributed by atoms with E-state index < -0.39 is 5.82 Å². The molecule has 0 heterocycles. The first-order valence-corrected chi connectivity index (χ1v) is 6.20. The molecule has 0 radical (unpaired) electrons. The van der Waals surface area contributed by atoms with Crippen LogP contribution in [0.4, 0.5) is 4.39 Å². The maximum Gasteiger partial charge on any atom is 0.254 e. The lowest BCUT2D eigenvalue weighted by Crippen LogP contribution is -2.34. The lowest BCUT2D eigenvalue weighted by molar-refractivity contribution is 0.0744. The van der Waals surface area contributed by atoms with Crippen LogP contribution < -0.4 is 0 Å². The number of hydrogen-bond donors (Lipinski definition) is 0. The molecule has 0 aromatic heterocycles. The number of nitrogens with zero attached hydrogens (tertiary/aromatic N) is 1. The second-order valence-corrected chi connectivity index (χ2v) is 6.20. The summed E-state index contributed by atoms with van der Waals surface area (Å²) in [5.41, 5.74) is 0.376. The van der Waals surface area contributed by atoms with Gasteiger partial charge in [-0.15, -0.1) is 0 Å². The smallest absolute Gasteiger partial charge is 0.254 e. The lowest BCUT2D eigenvalue weighted by Gasteiger charge is -2.27. The molecule has 17 heavy (non-hydrogen) atoms. The van der Waals surface area contributed by atoms with Crippen molar-refractivity contribution in [3.8, 4) is 0 Å². The predicted octanol–water partition coefficient (Wildman–Crippen LogP) is 3.71. The second kappa shape index (κ2) is 5.17. The van der Waals surface area contributed by atoms with Gasteiger partial charge in [0.2, 0.25) is 0 Å². The number of benzene rings is 1. The summed E-state index contributed by atoms with van der Waals surface area (Å²) >= 11 is 3.26. The topological polar surface area (TPSA) is 20.3 Å². The molecule has 0 N–H and O–H groups in total.